The molecule has 0 aromatic heterocycles. The van der Waals surface area contributed by atoms with Gasteiger partial charge in [-0.2, -0.15) is 13.2 Å². The van der Waals surface area contributed by atoms with Crippen molar-refractivity contribution >= 4 is 17.7 Å². The van der Waals surface area contributed by atoms with Crippen LogP contribution in [0.25, 0.3) is 0 Å². The molecule has 2 aromatic rings. The molecule has 0 N–H and O–H groups in total. The summed E-state index contributed by atoms with van der Waals surface area (Å²) in [4.78, 5) is 37.3. The van der Waals surface area contributed by atoms with Crippen LogP contribution in [0.1, 0.15) is 31.9 Å². The van der Waals surface area contributed by atoms with E-state index in [1.165, 1.54) is 45.0 Å². The van der Waals surface area contributed by atoms with Gasteiger partial charge in [0.2, 0.25) is 6.54 Å². The maximum Gasteiger partial charge on any atom is 0.421 e. The van der Waals surface area contributed by atoms with Gasteiger partial charge in [-0.25, -0.2) is 14.1 Å². The lowest BCUT2D eigenvalue weighted by Crippen LogP contribution is -2.55. The zero-order valence-electron chi connectivity index (χ0n) is 17.9. The molecule has 0 bridgehead atoms. The van der Waals surface area contributed by atoms with Gasteiger partial charge in [0.05, 0.1) is 5.69 Å². The molecule has 0 fully saturated rings. The Bertz CT molecular complexity index is 1100. The van der Waals surface area contributed by atoms with E-state index in [1.807, 2.05) is 0 Å². The lowest BCUT2D eigenvalue weighted by molar-refractivity contribution is -0.499. The van der Waals surface area contributed by atoms with E-state index in [4.69, 9.17) is 4.74 Å². The number of ether oxygens (including phenoxy) is 1. The van der Waals surface area contributed by atoms with E-state index in [0.29, 0.717) is 4.90 Å². The summed E-state index contributed by atoms with van der Waals surface area (Å²) in [5.74, 6) is -5.00. The molecule has 0 unspecified atom stereocenters. The molecule has 33 heavy (non-hydrogen) atoms. The van der Waals surface area contributed by atoms with Crippen molar-refractivity contribution < 1.29 is 36.8 Å². The summed E-state index contributed by atoms with van der Waals surface area (Å²) in [6, 6.07) is 8.82. The molecule has 7 nitrogen and oxygen atoms in total. The molecule has 0 saturated heterocycles. The van der Waals surface area contributed by atoms with Gasteiger partial charge in [-0.3, -0.25) is 14.9 Å². The molecule has 11 heteroatoms. The van der Waals surface area contributed by atoms with E-state index in [2.05, 4.69) is 0 Å². The van der Waals surface area contributed by atoms with Crippen LogP contribution in [0.5, 0.6) is 0 Å². The van der Waals surface area contributed by atoms with E-state index in [-0.39, 0.29) is 16.8 Å². The van der Waals surface area contributed by atoms with Crippen molar-refractivity contribution in [2.45, 2.75) is 38.0 Å². The minimum atomic E-state index is -5.23. The summed E-state index contributed by atoms with van der Waals surface area (Å²) in [7, 11) is 0. The average Bonchev–Trinajstić information content (AvgIpc) is 2.93. The number of amides is 2. The predicted octanol–water partition coefficient (Wildman–Crippen LogP) is 4.85. The summed E-state index contributed by atoms with van der Waals surface area (Å²) in [5, 5.41) is 11.3. The van der Waals surface area contributed by atoms with Gasteiger partial charge >= 0.3 is 12.3 Å². The number of hydrogen-bond donors (Lipinski definition) is 0. The topological polar surface area (TPSA) is 89.8 Å². The summed E-state index contributed by atoms with van der Waals surface area (Å²) in [6.07, 6.45) is -6.46. The Labute approximate surface area is 186 Å². The average molecular weight is 468 g/mol. The van der Waals surface area contributed by atoms with Gasteiger partial charge in [-0.1, -0.05) is 30.3 Å². The number of halogens is 4. The van der Waals surface area contributed by atoms with Gasteiger partial charge in [0.1, 0.15) is 22.8 Å². The fraction of sp³-hybridized carbons (Fsp3) is 0.364. The van der Waals surface area contributed by atoms with E-state index >= 15 is 0 Å². The number of benzene rings is 2. The number of hydrogen-bond acceptors (Lipinski definition) is 5. The second-order valence-electron chi connectivity index (χ2n) is 8.56. The Hall–Kier alpha value is -3.50. The normalized spacial score (nSPS) is 19.2. The molecule has 0 saturated carbocycles. The number of alkyl halides is 3. The van der Waals surface area contributed by atoms with Gasteiger partial charge in [0.25, 0.3) is 5.91 Å². The number of fused-ring (bicyclic) bond motifs is 1. The van der Waals surface area contributed by atoms with Crippen molar-refractivity contribution in [3.05, 3.63) is 75.6 Å². The number of anilines is 1. The van der Waals surface area contributed by atoms with Gasteiger partial charge in [-0.15, -0.1) is 0 Å². The predicted molar refractivity (Wildman–Crippen MR) is 109 cm³/mol. The van der Waals surface area contributed by atoms with E-state index in [9.17, 15) is 37.3 Å². The first-order valence-electron chi connectivity index (χ1n) is 9.81. The van der Waals surface area contributed by atoms with Crippen molar-refractivity contribution in [2.75, 3.05) is 11.4 Å². The van der Waals surface area contributed by atoms with Crippen molar-refractivity contribution in [1.82, 2.24) is 0 Å². The Morgan fingerprint density at radius 1 is 1.12 bits per heavy atom. The molecule has 1 aliphatic rings. The number of rotatable bonds is 4. The quantitative estimate of drug-likeness (QED) is 0.364. The minimum absolute atomic E-state index is 0.196. The molecule has 3 rings (SSSR count). The van der Waals surface area contributed by atoms with Crippen LogP contribution in [0.4, 0.5) is 28.0 Å². The third-order valence-electron chi connectivity index (χ3n) is 5.24. The van der Waals surface area contributed by atoms with Crippen LogP contribution in [0.15, 0.2) is 48.5 Å². The third kappa shape index (κ3) is 4.27. The first-order valence-corrected chi connectivity index (χ1v) is 9.81. The lowest BCUT2D eigenvalue weighted by atomic mass is 9.66. The molecular formula is C22H20F4N2O5. The van der Waals surface area contributed by atoms with Gasteiger partial charge in [-0.05, 0) is 50.1 Å². The van der Waals surface area contributed by atoms with E-state index in [0.717, 1.165) is 24.3 Å². The van der Waals surface area contributed by atoms with Gasteiger partial charge in [0, 0.05) is 4.92 Å². The molecule has 0 radical (unpaired) electrons. The summed E-state index contributed by atoms with van der Waals surface area (Å²) < 4.78 is 61.9. The van der Waals surface area contributed by atoms with Crippen LogP contribution < -0.4 is 4.90 Å². The van der Waals surface area contributed by atoms with Gasteiger partial charge in [0.15, 0.2) is 0 Å². The van der Waals surface area contributed by atoms with Crippen molar-refractivity contribution in [2.24, 2.45) is 5.92 Å². The first-order chi connectivity index (χ1) is 15.2. The highest BCUT2D eigenvalue weighted by atomic mass is 19.4. The molecule has 0 spiro atoms. The second-order valence-corrected chi connectivity index (χ2v) is 8.56. The Kier molecular flexibility index (Phi) is 5.95. The number of para-hydroxylation sites is 1. The molecule has 0 aliphatic carbocycles. The van der Waals surface area contributed by atoms with Crippen molar-refractivity contribution in [1.29, 1.82) is 0 Å². The van der Waals surface area contributed by atoms with Crippen LogP contribution in [-0.4, -0.2) is 35.2 Å². The molecule has 1 aliphatic heterocycles. The number of nitrogens with zero attached hydrogens (tertiary/aromatic N) is 2. The SMILES string of the molecule is CC(C)(C)OC(=O)N1C(=O)[C@@](c2ccc(F)cc2)([C@H](C[N+](=O)[O-])C(F)(F)F)c2ccccc21. The summed E-state index contributed by atoms with van der Waals surface area (Å²) in [6.45, 7) is 2.88. The van der Waals surface area contributed by atoms with Crippen LogP contribution in [0.3, 0.4) is 0 Å². The first kappa shape index (κ1) is 24.1. The maximum atomic E-state index is 14.3. The molecule has 2 amide bonds. The van der Waals surface area contributed by atoms with Crippen molar-refractivity contribution in [3.8, 4) is 0 Å². The summed E-state index contributed by atoms with van der Waals surface area (Å²) in [5.41, 5.74) is -4.60. The van der Waals surface area contributed by atoms with Crippen molar-refractivity contribution in [3.63, 3.8) is 0 Å². The fourth-order valence-corrected chi connectivity index (χ4v) is 4.06. The fourth-order valence-electron chi connectivity index (χ4n) is 4.06. The van der Waals surface area contributed by atoms with E-state index in [1.54, 1.807) is 0 Å². The number of carbonyl (C=O) groups is 2. The highest BCUT2D eigenvalue weighted by Crippen LogP contribution is 2.55. The second kappa shape index (κ2) is 8.13. The van der Waals surface area contributed by atoms with Crippen LogP contribution >= 0.6 is 0 Å². The van der Waals surface area contributed by atoms with Gasteiger partial charge < -0.3 is 4.74 Å². The van der Waals surface area contributed by atoms with Crippen LogP contribution in [-0.2, 0) is 14.9 Å². The van der Waals surface area contributed by atoms with Crippen LogP contribution in [0.2, 0.25) is 0 Å². The van der Waals surface area contributed by atoms with E-state index < -0.39 is 52.4 Å². The number of imide groups is 1. The Balaban J connectivity index is 2.38. The minimum Gasteiger partial charge on any atom is -0.443 e. The molecule has 2 atom stereocenters. The van der Waals surface area contributed by atoms with Crippen LogP contribution in [0, 0.1) is 21.8 Å². The molecule has 1 heterocycles. The largest absolute Gasteiger partial charge is 0.443 e. The molecule has 2 aromatic carbocycles. The number of carbonyl (C=O) groups excluding carboxylic acids is 2. The third-order valence-corrected chi connectivity index (χ3v) is 5.24. The zero-order valence-corrected chi connectivity index (χ0v) is 17.9. The highest BCUT2D eigenvalue weighted by molar-refractivity contribution is 6.22. The molecular weight excluding hydrogens is 448 g/mol. The highest BCUT2D eigenvalue weighted by Gasteiger charge is 2.67. The Morgan fingerprint density at radius 2 is 1.70 bits per heavy atom. The Morgan fingerprint density at radius 3 is 2.21 bits per heavy atom. The smallest absolute Gasteiger partial charge is 0.421 e. The monoisotopic (exact) mass is 468 g/mol. The maximum absolute atomic E-state index is 14.3. The number of nitro groups is 1. The summed E-state index contributed by atoms with van der Waals surface area (Å²) >= 11 is 0. The zero-order chi connectivity index (χ0) is 24.8. The standard InChI is InChI=1S/C22H20F4N2O5/c1-20(2,3)33-19(30)28-16-7-5-4-6-15(16)21(18(28)29,13-8-10-14(23)11-9-13)17(12-27(31)32)22(24,25)26/h4-11,17H,12H2,1-3H3/t17-,21+/m0/s1. The molecule has 176 valence electrons. The lowest BCUT2D eigenvalue weighted by Gasteiger charge is -2.36.